The van der Waals surface area contributed by atoms with E-state index in [1.54, 1.807) is 0 Å². The van der Waals surface area contributed by atoms with Crippen LogP contribution < -0.4 is 5.32 Å². The van der Waals surface area contributed by atoms with E-state index in [1.807, 2.05) is 13.8 Å². The van der Waals surface area contributed by atoms with E-state index < -0.39 is 29.6 Å². The van der Waals surface area contributed by atoms with Crippen LogP contribution in [0.25, 0.3) is 0 Å². The van der Waals surface area contributed by atoms with Crippen LogP contribution in [0.15, 0.2) is 18.2 Å². The van der Waals surface area contributed by atoms with Gasteiger partial charge in [0, 0.05) is 19.2 Å². The average molecular weight is 332 g/mol. The lowest BCUT2D eigenvalue weighted by atomic mass is 9.97. The molecule has 1 atom stereocenters. The molecule has 0 fully saturated rings. The minimum Gasteiger partial charge on any atom is -0.481 e. The Morgan fingerprint density at radius 3 is 2.38 bits per heavy atom. The van der Waals surface area contributed by atoms with Crippen LogP contribution in [-0.4, -0.2) is 47.3 Å². The smallest absolute Gasteiger partial charge is 0.308 e. The first-order valence-electron chi connectivity index (χ1n) is 7.69. The normalized spacial score (nSPS) is 14.8. The highest BCUT2D eigenvalue weighted by atomic mass is 16.4. The maximum absolute atomic E-state index is 12.2. The minimum atomic E-state index is -0.958. The molecule has 0 saturated heterocycles. The number of aliphatic carboxylic acids is 1. The molecule has 7 heteroatoms. The number of imide groups is 1. The number of nitrogens with zero attached hydrogens (tertiary/aromatic N) is 1. The summed E-state index contributed by atoms with van der Waals surface area (Å²) in [5.74, 6) is -2.75. The number of amides is 3. The van der Waals surface area contributed by atoms with Crippen LogP contribution in [0.5, 0.6) is 0 Å². The summed E-state index contributed by atoms with van der Waals surface area (Å²) < 4.78 is 0. The third-order valence-electron chi connectivity index (χ3n) is 3.97. The number of rotatable bonds is 6. The maximum atomic E-state index is 12.2. The molecule has 0 spiro atoms. The van der Waals surface area contributed by atoms with Gasteiger partial charge in [-0.05, 0) is 30.5 Å². The Balaban J connectivity index is 2.10. The lowest BCUT2D eigenvalue weighted by Crippen LogP contribution is -2.33. The van der Waals surface area contributed by atoms with Gasteiger partial charge in [-0.3, -0.25) is 24.1 Å². The summed E-state index contributed by atoms with van der Waals surface area (Å²) in [6.07, 6.45) is 0.456. The molecule has 24 heavy (non-hydrogen) atoms. The Bertz CT molecular complexity index is 711. The fourth-order valence-electron chi connectivity index (χ4n) is 2.66. The molecule has 0 aliphatic carbocycles. The zero-order valence-electron chi connectivity index (χ0n) is 13.8. The summed E-state index contributed by atoms with van der Waals surface area (Å²) in [5.41, 5.74) is 0.674. The van der Waals surface area contributed by atoms with Crippen LogP contribution in [0.3, 0.4) is 0 Å². The van der Waals surface area contributed by atoms with Gasteiger partial charge >= 0.3 is 5.97 Å². The van der Waals surface area contributed by atoms with Crippen molar-refractivity contribution in [2.45, 2.75) is 20.3 Å². The largest absolute Gasteiger partial charge is 0.481 e. The van der Waals surface area contributed by atoms with E-state index in [0.29, 0.717) is 6.42 Å². The summed E-state index contributed by atoms with van der Waals surface area (Å²) in [6, 6.07) is 4.26. The van der Waals surface area contributed by atoms with Gasteiger partial charge in [0.2, 0.25) is 0 Å². The maximum Gasteiger partial charge on any atom is 0.308 e. The zero-order valence-corrected chi connectivity index (χ0v) is 13.8. The molecular weight excluding hydrogens is 312 g/mol. The van der Waals surface area contributed by atoms with Crippen molar-refractivity contribution in [3.63, 3.8) is 0 Å². The van der Waals surface area contributed by atoms with Gasteiger partial charge in [0.25, 0.3) is 17.7 Å². The summed E-state index contributed by atoms with van der Waals surface area (Å²) in [7, 11) is 1.38. The lowest BCUT2D eigenvalue weighted by molar-refractivity contribution is -0.142. The SMILES string of the molecule is CC(C)CC(CNC(=O)c1ccc2c(c1)C(=O)N(C)C2=O)C(=O)O. The van der Waals surface area contributed by atoms with E-state index in [4.69, 9.17) is 0 Å². The molecule has 1 aromatic carbocycles. The predicted molar refractivity (Wildman–Crippen MR) is 85.8 cm³/mol. The number of carboxylic acid groups (broad SMARTS) is 1. The first-order chi connectivity index (χ1) is 11.2. The van der Waals surface area contributed by atoms with Gasteiger partial charge in [0.05, 0.1) is 17.0 Å². The number of carbonyl (C=O) groups is 4. The minimum absolute atomic E-state index is 0.0101. The molecule has 7 nitrogen and oxygen atoms in total. The Morgan fingerprint density at radius 1 is 1.17 bits per heavy atom. The molecule has 2 N–H and O–H groups in total. The van der Waals surface area contributed by atoms with E-state index >= 15 is 0 Å². The van der Waals surface area contributed by atoms with Crippen molar-refractivity contribution < 1.29 is 24.3 Å². The topological polar surface area (TPSA) is 104 Å². The molecule has 1 aliphatic heterocycles. The average Bonchev–Trinajstić information content (AvgIpc) is 2.74. The standard InChI is InChI=1S/C17H20N2O5/c1-9(2)6-11(17(23)24)8-18-14(20)10-4-5-12-13(7-10)16(22)19(3)15(12)21/h4-5,7,9,11H,6,8H2,1-3H3,(H,18,20)(H,23,24). The molecule has 0 aromatic heterocycles. The van der Waals surface area contributed by atoms with Gasteiger partial charge in [-0.1, -0.05) is 13.8 Å². The third kappa shape index (κ3) is 3.45. The Kier molecular flexibility index (Phi) is 5.02. The number of nitrogens with one attached hydrogen (secondary N) is 1. The van der Waals surface area contributed by atoms with Gasteiger partial charge in [0.15, 0.2) is 0 Å². The van der Waals surface area contributed by atoms with Crippen LogP contribution >= 0.6 is 0 Å². The van der Waals surface area contributed by atoms with Crippen molar-refractivity contribution in [1.82, 2.24) is 10.2 Å². The highest BCUT2D eigenvalue weighted by molar-refractivity contribution is 6.21. The second-order valence-corrected chi connectivity index (χ2v) is 6.30. The first kappa shape index (κ1) is 17.7. The second-order valence-electron chi connectivity index (χ2n) is 6.30. The molecule has 128 valence electrons. The fraction of sp³-hybridized carbons (Fsp3) is 0.412. The van der Waals surface area contributed by atoms with Crippen molar-refractivity contribution in [1.29, 1.82) is 0 Å². The third-order valence-corrected chi connectivity index (χ3v) is 3.97. The van der Waals surface area contributed by atoms with Crippen molar-refractivity contribution >= 4 is 23.7 Å². The molecule has 1 aliphatic rings. The number of benzene rings is 1. The Hall–Kier alpha value is -2.70. The number of hydrogen-bond acceptors (Lipinski definition) is 4. The summed E-state index contributed by atoms with van der Waals surface area (Å²) in [5, 5.41) is 11.8. The van der Waals surface area contributed by atoms with Crippen molar-refractivity contribution in [2.24, 2.45) is 11.8 Å². The van der Waals surface area contributed by atoms with Crippen molar-refractivity contribution in [2.75, 3.05) is 13.6 Å². The number of carboxylic acids is 1. The fourth-order valence-corrected chi connectivity index (χ4v) is 2.66. The molecule has 0 bridgehead atoms. The summed E-state index contributed by atoms with van der Waals surface area (Å²) in [4.78, 5) is 48.2. The number of fused-ring (bicyclic) bond motifs is 1. The highest BCUT2D eigenvalue weighted by Gasteiger charge is 2.33. The van der Waals surface area contributed by atoms with Gasteiger partial charge in [0.1, 0.15) is 0 Å². The van der Waals surface area contributed by atoms with Crippen LogP contribution in [0.2, 0.25) is 0 Å². The van der Waals surface area contributed by atoms with Crippen LogP contribution in [0.4, 0.5) is 0 Å². The van der Waals surface area contributed by atoms with E-state index in [-0.39, 0.29) is 29.2 Å². The molecule has 3 amide bonds. The van der Waals surface area contributed by atoms with Gasteiger partial charge in [-0.2, -0.15) is 0 Å². The van der Waals surface area contributed by atoms with Gasteiger partial charge in [-0.15, -0.1) is 0 Å². The quantitative estimate of drug-likeness (QED) is 0.766. The van der Waals surface area contributed by atoms with Crippen molar-refractivity contribution in [3.05, 3.63) is 34.9 Å². The van der Waals surface area contributed by atoms with E-state index in [2.05, 4.69) is 5.32 Å². The zero-order chi connectivity index (χ0) is 18.0. The molecule has 0 radical (unpaired) electrons. The highest BCUT2D eigenvalue weighted by Crippen LogP contribution is 2.22. The second kappa shape index (κ2) is 6.82. The van der Waals surface area contributed by atoms with Gasteiger partial charge in [-0.25, -0.2) is 0 Å². The molecular formula is C17H20N2O5. The molecule has 2 rings (SSSR count). The monoisotopic (exact) mass is 332 g/mol. The molecule has 0 saturated carbocycles. The number of carbonyl (C=O) groups excluding carboxylic acids is 3. The Labute approximate surface area is 139 Å². The molecule has 1 aromatic rings. The molecule has 1 heterocycles. The van der Waals surface area contributed by atoms with E-state index in [1.165, 1.54) is 25.2 Å². The van der Waals surface area contributed by atoms with Crippen LogP contribution in [-0.2, 0) is 4.79 Å². The number of hydrogen-bond donors (Lipinski definition) is 2. The van der Waals surface area contributed by atoms with Crippen molar-refractivity contribution in [3.8, 4) is 0 Å². The summed E-state index contributed by atoms with van der Waals surface area (Å²) in [6.45, 7) is 3.84. The molecule has 1 unspecified atom stereocenters. The van der Waals surface area contributed by atoms with E-state index in [9.17, 15) is 24.3 Å². The van der Waals surface area contributed by atoms with Gasteiger partial charge < -0.3 is 10.4 Å². The van der Waals surface area contributed by atoms with E-state index in [0.717, 1.165) is 4.90 Å². The Morgan fingerprint density at radius 2 is 1.79 bits per heavy atom. The van der Waals surface area contributed by atoms with Crippen LogP contribution in [0, 0.1) is 11.8 Å². The lowest BCUT2D eigenvalue weighted by Gasteiger charge is -2.15. The predicted octanol–water partition coefficient (Wildman–Crippen LogP) is 1.39. The first-order valence-corrected chi connectivity index (χ1v) is 7.69. The van der Waals surface area contributed by atoms with Crippen LogP contribution in [0.1, 0.15) is 51.3 Å². The summed E-state index contributed by atoms with van der Waals surface area (Å²) >= 11 is 0.